The van der Waals surface area contributed by atoms with Crippen molar-refractivity contribution in [2.45, 2.75) is 31.7 Å². The quantitative estimate of drug-likeness (QED) is 0.752. The number of aromatic nitrogens is 1. The average molecular weight is 269 g/mol. The molecule has 1 atom stereocenters. The summed E-state index contributed by atoms with van der Waals surface area (Å²) >= 11 is 1.36. The zero-order valence-electron chi connectivity index (χ0n) is 10.2. The van der Waals surface area contributed by atoms with Crippen molar-refractivity contribution in [1.82, 2.24) is 10.3 Å². The highest BCUT2D eigenvalue weighted by molar-refractivity contribution is 7.13. The molecule has 6 nitrogen and oxygen atoms in total. The number of rotatable bonds is 4. The second kappa shape index (κ2) is 4.56. The van der Waals surface area contributed by atoms with E-state index in [4.69, 9.17) is 5.11 Å². The van der Waals surface area contributed by atoms with Gasteiger partial charge in [-0.05, 0) is 13.8 Å². The van der Waals surface area contributed by atoms with E-state index in [0.29, 0.717) is 23.8 Å². The van der Waals surface area contributed by atoms with Gasteiger partial charge in [0, 0.05) is 18.3 Å². The van der Waals surface area contributed by atoms with Crippen LogP contribution >= 0.6 is 11.3 Å². The molecule has 0 bridgehead atoms. The Morgan fingerprint density at radius 3 is 2.94 bits per heavy atom. The number of thiazole rings is 1. The first kappa shape index (κ1) is 12.8. The monoisotopic (exact) mass is 269 g/mol. The lowest BCUT2D eigenvalue weighted by molar-refractivity contribution is -0.142. The maximum atomic E-state index is 11.1. The summed E-state index contributed by atoms with van der Waals surface area (Å²) in [6, 6.07) is 0.0319. The third-order valence-corrected chi connectivity index (χ3v) is 3.76. The van der Waals surface area contributed by atoms with Gasteiger partial charge in [0.15, 0.2) is 5.13 Å². The minimum atomic E-state index is -1.000. The topological polar surface area (TPSA) is 91.3 Å². The smallest absolute Gasteiger partial charge is 0.315 e. The minimum absolute atomic E-state index is 0.0233. The van der Waals surface area contributed by atoms with E-state index in [1.807, 2.05) is 0 Å². The van der Waals surface area contributed by atoms with Crippen molar-refractivity contribution >= 4 is 28.3 Å². The number of nitrogens with zero attached hydrogens (tertiary/aromatic N) is 1. The van der Waals surface area contributed by atoms with Crippen molar-refractivity contribution < 1.29 is 14.7 Å². The first-order valence-electron chi connectivity index (χ1n) is 5.62. The van der Waals surface area contributed by atoms with Gasteiger partial charge < -0.3 is 15.7 Å². The van der Waals surface area contributed by atoms with Crippen LogP contribution in [0.4, 0.5) is 5.13 Å². The van der Waals surface area contributed by atoms with Crippen LogP contribution in [-0.2, 0) is 15.0 Å². The number of carbonyl (C=O) groups excluding carboxylic acids is 1. The molecule has 0 aliphatic carbocycles. The fourth-order valence-corrected chi connectivity index (χ4v) is 2.57. The normalized spacial score (nSPS) is 19.7. The number of amides is 1. The first-order chi connectivity index (χ1) is 8.39. The molecule has 1 aliphatic rings. The SMILES string of the molecule is CC(C)(C(=O)O)c1csc(NC2CNC(=O)C2)n1. The molecule has 1 fully saturated rings. The van der Waals surface area contributed by atoms with Crippen LogP contribution in [0.15, 0.2) is 5.38 Å². The van der Waals surface area contributed by atoms with E-state index in [9.17, 15) is 9.59 Å². The number of aliphatic carboxylic acids is 1. The Morgan fingerprint density at radius 2 is 2.39 bits per heavy atom. The third-order valence-electron chi connectivity index (χ3n) is 2.98. The second-order valence-corrected chi connectivity index (χ2v) is 5.68. The van der Waals surface area contributed by atoms with Crippen LogP contribution in [0.2, 0.25) is 0 Å². The third kappa shape index (κ3) is 2.45. The highest BCUT2D eigenvalue weighted by Gasteiger charge is 2.32. The summed E-state index contributed by atoms with van der Waals surface area (Å²) in [5.74, 6) is -0.882. The zero-order valence-corrected chi connectivity index (χ0v) is 11.0. The van der Waals surface area contributed by atoms with Gasteiger partial charge in [-0.2, -0.15) is 0 Å². The molecule has 1 aliphatic heterocycles. The lowest BCUT2D eigenvalue weighted by atomic mass is 9.90. The lowest BCUT2D eigenvalue weighted by Gasteiger charge is -2.15. The molecule has 18 heavy (non-hydrogen) atoms. The van der Waals surface area contributed by atoms with Crippen LogP contribution in [-0.4, -0.2) is 34.6 Å². The lowest BCUT2D eigenvalue weighted by Crippen LogP contribution is -2.29. The van der Waals surface area contributed by atoms with Crippen molar-refractivity contribution in [1.29, 1.82) is 0 Å². The molecule has 3 N–H and O–H groups in total. The highest BCUT2D eigenvalue weighted by atomic mass is 32.1. The van der Waals surface area contributed by atoms with Crippen LogP contribution in [0.3, 0.4) is 0 Å². The molecule has 98 valence electrons. The van der Waals surface area contributed by atoms with Crippen LogP contribution in [0.5, 0.6) is 0 Å². The molecule has 0 saturated carbocycles. The number of carboxylic acids is 1. The Bertz CT molecular complexity index is 484. The molecular formula is C11H15N3O3S. The fourth-order valence-electron chi connectivity index (χ4n) is 1.62. The molecule has 2 heterocycles. The van der Waals surface area contributed by atoms with Crippen LogP contribution < -0.4 is 10.6 Å². The van der Waals surface area contributed by atoms with Crippen molar-refractivity contribution in [3.8, 4) is 0 Å². The number of carboxylic acid groups (broad SMARTS) is 1. The summed E-state index contributed by atoms with van der Waals surface area (Å²) < 4.78 is 0. The van der Waals surface area contributed by atoms with E-state index in [2.05, 4.69) is 15.6 Å². The van der Waals surface area contributed by atoms with E-state index in [1.54, 1.807) is 19.2 Å². The maximum absolute atomic E-state index is 11.1. The molecule has 2 rings (SSSR count). The second-order valence-electron chi connectivity index (χ2n) is 4.82. The molecule has 0 radical (unpaired) electrons. The Morgan fingerprint density at radius 1 is 1.67 bits per heavy atom. The minimum Gasteiger partial charge on any atom is -0.481 e. The van der Waals surface area contributed by atoms with Gasteiger partial charge in [-0.15, -0.1) is 11.3 Å². The van der Waals surface area contributed by atoms with Crippen molar-refractivity contribution in [2.24, 2.45) is 0 Å². The van der Waals surface area contributed by atoms with Gasteiger partial charge in [0.05, 0.1) is 11.7 Å². The summed E-state index contributed by atoms with van der Waals surface area (Å²) in [6.07, 6.45) is 0.428. The van der Waals surface area contributed by atoms with E-state index in [1.165, 1.54) is 11.3 Å². The van der Waals surface area contributed by atoms with E-state index < -0.39 is 11.4 Å². The van der Waals surface area contributed by atoms with E-state index in [0.717, 1.165) is 0 Å². The number of nitrogens with one attached hydrogen (secondary N) is 2. The highest BCUT2D eigenvalue weighted by Crippen LogP contribution is 2.28. The Hall–Kier alpha value is -1.63. The maximum Gasteiger partial charge on any atom is 0.315 e. The number of hydrogen-bond donors (Lipinski definition) is 3. The average Bonchev–Trinajstić information content (AvgIpc) is 2.88. The van der Waals surface area contributed by atoms with Gasteiger partial charge in [0.2, 0.25) is 5.91 Å². The molecule has 1 unspecified atom stereocenters. The van der Waals surface area contributed by atoms with E-state index >= 15 is 0 Å². The molecule has 1 aromatic heterocycles. The van der Waals surface area contributed by atoms with E-state index in [-0.39, 0.29) is 11.9 Å². The standard InChI is InChI=1S/C11H15N3O3S/c1-11(2,9(16)17)7-5-18-10(14-7)13-6-3-8(15)12-4-6/h5-6H,3-4H2,1-2H3,(H,12,15)(H,13,14)(H,16,17). The summed E-state index contributed by atoms with van der Waals surface area (Å²) in [5, 5.41) is 17.4. The Kier molecular flexibility index (Phi) is 3.25. The number of hydrogen-bond acceptors (Lipinski definition) is 5. The van der Waals surface area contributed by atoms with Gasteiger partial charge in [0.25, 0.3) is 0 Å². The fraction of sp³-hybridized carbons (Fsp3) is 0.545. The van der Waals surface area contributed by atoms with Gasteiger partial charge in [0.1, 0.15) is 5.41 Å². The molecule has 1 saturated heterocycles. The first-order valence-corrected chi connectivity index (χ1v) is 6.50. The van der Waals surface area contributed by atoms with Crippen LogP contribution in [0, 0.1) is 0 Å². The summed E-state index contributed by atoms with van der Waals surface area (Å²) in [4.78, 5) is 26.4. The molecular weight excluding hydrogens is 254 g/mol. The van der Waals surface area contributed by atoms with Gasteiger partial charge in [-0.3, -0.25) is 9.59 Å². The van der Waals surface area contributed by atoms with Crippen LogP contribution in [0.1, 0.15) is 26.0 Å². The predicted molar refractivity (Wildman–Crippen MR) is 67.8 cm³/mol. The van der Waals surface area contributed by atoms with Gasteiger partial charge in [-0.25, -0.2) is 4.98 Å². The van der Waals surface area contributed by atoms with Gasteiger partial charge >= 0.3 is 5.97 Å². The van der Waals surface area contributed by atoms with Crippen molar-refractivity contribution in [2.75, 3.05) is 11.9 Å². The molecule has 1 aromatic rings. The van der Waals surface area contributed by atoms with Gasteiger partial charge in [-0.1, -0.05) is 0 Å². The van der Waals surface area contributed by atoms with Crippen molar-refractivity contribution in [3.05, 3.63) is 11.1 Å². The number of anilines is 1. The predicted octanol–water partition coefficient (Wildman–Crippen LogP) is 0.806. The zero-order chi connectivity index (χ0) is 13.3. The molecule has 1 amide bonds. The summed E-state index contributed by atoms with van der Waals surface area (Å²) in [7, 11) is 0. The molecule has 0 spiro atoms. The summed E-state index contributed by atoms with van der Waals surface area (Å²) in [6.45, 7) is 3.82. The largest absolute Gasteiger partial charge is 0.481 e. The van der Waals surface area contributed by atoms with Crippen LogP contribution in [0.25, 0.3) is 0 Å². The summed E-state index contributed by atoms with van der Waals surface area (Å²) in [5.41, 5.74) is -0.472. The number of carbonyl (C=O) groups is 2. The Balaban J connectivity index is 2.07. The Labute approximate surface area is 108 Å². The molecule has 7 heteroatoms. The molecule has 0 aromatic carbocycles. The van der Waals surface area contributed by atoms with Crippen molar-refractivity contribution in [3.63, 3.8) is 0 Å².